The van der Waals surface area contributed by atoms with Crippen LogP contribution >= 0.6 is 0 Å². The SMILES string of the molecule is Cc1ccc(N)cc1NC(=O)C(C)N1CCCC1CO. The molecule has 1 saturated heterocycles. The van der Waals surface area contributed by atoms with Gasteiger partial charge in [0.1, 0.15) is 0 Å². The van der Waals surface area contributed by atoms with Crippen LogP contribution in [0.1, 0.15) is 25.3 Å². The van der Waals surface area contributed by atoms with Gasteiger partial charge >= 0.3 is 0 Å². The number of nitrogen functional groups attached to an aromatic ring is 1. The molecule has 5 nitrogen and oxygen atoms in total. The lowest BCUT2D eigenvalue weighted by Crippen LogP contribution is -2.45. The minimum Gasteiger partial charge on any atom is -0.399 e. The van der Waals surface area contributed by atoms with Crippen LogP contribution in [-0.2, 0) is 4.79 Å². The quantitative estimate of drug-likeness (QED) is 0.726. The monoisotopic (exact) mass is 277 g/mol. The molecule has 0 saturated carbocycles. The number of aliphatic hydroxyl groups excluding tert-OH is 1. The number of aryl methyl sites for hydroxylation is 1. The lowest BCUT2D eigenvalue weighted by molar-refractivity contribution is -0.121. The molecule has 0 bridgehead atoms. The van der Waals surface area contributed by atoms with Crippen molar-refractivity contribution < 1.29 is 9.90 Å². The van der Waals surface area contributed by atoms with E-state index < -0.39 is 0 Å². The smallest absolute Gasteiger partial charge is 0.241 e. The number of anilines is 2. The van der Waals surface area contributed by atoms with Gasteiger partial charge in [0.15, 0.2) is 0 Å². The average molecular weight is 277 g/mol. The maximum Gasteiger partial charge on any atom is 0.241 e. The van der Waals surface area contributed by atoms with Gasteiger partial charge in [-0.15, -0.1) is 0 Å². The van der Waals surface area contributed by atoms with Crippen molar-refractivity contribution >= 4 is 17.3 Å². The van der Waals surface area contributed by atoms with Gasteiger partial charge in [0.25, 0.3) is 0 Å². The summed E-state index contributed by atoms with van der Waals surface area (Å²) >= 11 is 0. The topological polar surface area (TPSA) is 78.6 Å². The van der Waals surface area contributed by atoms with Crippen molar-refractivity contribution in [2.75, 3.05) is 24.2 Å². The highest BCUT2D eigenvalue weighted by atomic mass is 16.3. The van der Waals surface area contributed by atoms with Gasteiger partial charge in [-0.1, -0.05) is 6.07 Å². The first-order chi connectivity index (χ1) is 9.52. The van der Waals surface area contributed by atoms with Crippen LogP contribution < -0.4 is 11.1 Å². The number of nitrogens with one attached hydrogen (secondary N) is 1. The van der Waals surface area contributed by atoms with Gasteiger partial charge in [-0.3, -0.25) is 9.69 Å². The number of nitrogens with two attached hydrogens (primary N) is 1. The van der Waals surface area contributed by atoms with Crippen molar-refractivity contribution in [2.45, 2.75) is 38.8 Å². The van der Waals surface area contributed by atoms with Crippen LogP contribution in [0, 0.1) is 6.92 Å². The molecule has 2 rings (SSSR count). The molecule has 20 heavy (non-hydrogen) atoms. The van der Waals surface area contributed by atoms with E-state index in [1.165, 1.54) is 0 Å². The number of benzene rings is 1. The molecule has 5 heteroatoms. The summed E-state index contributed by atoms with van der Waals surface area (Å²) in [6.45, 7) is 4.78. The summed E-state index contributed by atoms with van der Waals surface area (Å²) < 4.78 is 0. The summed E-state index contributed by atoms with van der Waals surface area (Å²) in [7, 11) is 0. The number of carbonyl (C=O) groups is 1. The van der Waals surface area contributed by atoms with Crippen LogP contribution in [-0.4, -0.2) is 41.1 Å². The van der Waals surface area contributed by atoms with E-state index in [0.29, 0.717) is 5.69 Å². The van der Waals surface area contributed by atoms with E-state index in [4.69, 9.17) is 5.73 Å². The van der Waals surface area contributed by atoms with Crippen LogP contribution in [0.3, 0.4) is 0 Å². The third-order valence-electron chi connectivity index (χ3n) is 4.03. The zero-order valence-corrected chi connectivity index (χ0v) is 12.1. The molecule has 4 N–H and O–H groups in total. The average Bonchev–Trinajstić information content (AvgIpc) is 2.90. The third-order valence-corrected chi connectivity index (χ3v) is 4.03. The van der Waals surface area contributed by atoms with Gasteiger partial charge in [-0.25, -0.2) is 0 Å². The second-order valence-electron chi connectivity index (χ2n) is 5.46. The van der Waals surface area contributed by atoms with Crippen LogP contribution in [0.2, 0.25) is 0 Å². The number of nitrogens with zero attached hydrogens (tertiary/aromatic N) is 1. The number of rotatable bonds is 4. The zero-order valence-electron chi connectivity index (χ0n) is 12.1. The molecule has 0 aliphatic carbocycles. The summed E-state index contributed by atoms with van der Waals surface area (Å²) in [5.74, 6) is -0.0564. The Morgan fingerprint density at radius 2 is 2.35 bits per heavy atom. The summed E-state index contributed by atoms with van der Waals surface area (Å²) in [5.41, 5.74) is 8.12. The highest BCUT2D eigenvalue weighted by Gasteiger charge is 2.31. The Bertz CT molecular complexity index is 490. The fraction of sp³-hybridized carbons (Fsp3) is 0.533. The molecular formula is C15H23N3O2. The molecule has 1 fully saturated rings. The Morgan fingerprint density at radius 3 is 3.05 bits per heavy atom. The number of hydrogen-bond acceptors (Lipinski definition) is 4. The van der Waals surface area contributed by atoms with E-state index in [2.05, 4.69) is 10.2 Å². The molecule has 1 heterocycles. The molecule has 0 radical (unpaired) electrons. The first kappa shape index (κ1) is 14.8. The number of amides is 1. The molecule has 110 valence electrons. The molecule has 2 unspecified atom stereocenters. The van der Waals surface area contributed by atoms with Gasteiger partial charge in [0, 0.05) is 17.4 Å². The van der Waals surface area contributed by atoms with Gasteiger partial charge in [-0.2, -0.15) is 0 Å². The van der Waals surface area contributed by atoms with Gasteiger partial charge in [-0.05, 0) is 50.9 Å². The van der Waals surface area contributed by atoms with E-state index in [0.717, 1.165) is 30.6 Å². The second-order valence-corrected chi connectivity index (χ2v) is 5.46. The predicted octanol–water partition coefficient (Wildman–Crippen LogP) is 1.36. The molecule has 1 aromatic rings. The predicted molar refractivity (Wildman–Crippen MR) is 80.5 cm³/mol. The van der Waals surface area contributed by atoms with Crippen LogP contribution in [0.4, 0.5) is 11.4 Å². The van der Waals surface area contributed by atoms with E-state index in [1.807, 2.05) is 26.0 Å². The maximum absolute atomic E-state index is 12.3. The Morgan fingerprint density at radius 1 is 1.60 bits per heavy atom. The molecule has 1 aromatic carbocycles. The fourth-order valence-corrected chi connectivity index (χ4v) is 2.73. The lowest BCUT2D eigenvalue weighted by atomic mass is 10.1. The second kappa shape index (κ2) is 6.24. The lowest BCUT2D eigenvalue weighted by Gasteiger charge is -2.28. The van der Waals surface area contributed by atoms with E-state index >= 15 is 0 Å². The minimum absolute atomic E-state index is 0.0564. The molecule has 1 aliphatic heterocycles. The van der Waals surface area contributed by atoms with Crippen molar-refractivity contribution in [3.05, 3.63) is 23.8 Å². The van der Waals surface area contributed by atoms with Crippen LogP contribution in [0.25, 0.3) is 0 Å². The largest absolute Gasteiger partial charge is 0.399 e. The fourth-order valence-electron chi connectivity index (χ4n) is 2.73. The highest BCUT2D eigenvalue weighted by Crippen LogP contribution is 2.22. The third kappa shape index (κ3) is 3.11. The number of likely N-dealkylation sites (tertiary alicyclic amines) is 1. The Balaban J connectivity index is 2.06. The van der Waals surface area contributed by atoms with Gasteiger partial charge < -0.3 is 16.2 Å². The molecule has 0 spiro atoms. The number of carbonyl (C=O) groups excluding carboxylic acids is 1. The van der Waals surface area contributed by atoms with E-state index in [9.17, 15) is 9.90 Å². The zero-order chi connectivity index (χ0) is 14.7. The first-order valence-corrected chi connectivity index (χ1v) is 7.06. The van der Waals surface area contributed by atoms with Crippen molar-refractivity contribution in [1.82, 2.24) is 4.90 Å². The van der Waals surface area contributed by atoms with Gasteiger partial charge in [0.05, 0.1) is 12.6 Å². The highest BCUT2D eigenvalue weighted by molar-refractivity contribution is 5.95. The Labute approximate surface area is 119 Å². The molecule has 1 amide bonds. The first-order valence-electron chi connectivity index (χ1n) is 7.06. The number of aliphatic hydroxyl groups is 1. The van der Waals surface area contributed by atoms with E-state index in [1.54, 1.807) is 6.07 Å². The molecule has 1 aliphatic rings. The van der Waals surface area contributed by atoms with Gasteiger partial charge in [0.2, 0.25) is 5.91 Å². The van der Waals surface area contributed by atoms with Crippen molar-refractivity contribution in [2.24, 2.45) is 0 Å². The van der Waals surface area contributed by atoms with Crippen LogP contribution in [0.5, 0.6) is 0 Å². The Hall–Kier alpha value is -1.59. The molecular weight excluding hydrogens is 254 g/mol. The van der Waals surface area contributed by atoms with Crippen molar-refractivity contribution in [3.8, 4) is 0 Å². The summed E-state index contributed by atoms with van der Waals surface area (Å²) in [4.78, 5) is 14.4. The normalized spacial score (nSPS) is 20.9. The number of hydrogen-bond donors (Lipinski definition) is 3. The standard InChI is InChI=1S/C15H23N3O2/c1-10-5-6-12(16)8-14(10)17-15(20)11(2)18-7-3-4-13(18)9-19/h5-6,8,11,13,19H,3-4,7,9,16H2,1-2H3,(H,17,20). The summed E-state index contributed by atoms with van der Waals surface area (Å²) in [6.07, 6.45) is 1.98. The molecule has 2 atom stereocenters. The molecule has 0 aromatic heterocycles. The van der Waals surface area contributed by atoms with E-state index in [-0.39, 0.29) is 24.6 Å². The Kier molecular flexibility index (Phi) is 4.62. The van der Waals surface area contributed by atoms with Crippen molar-refractivity contribution in [1.29, 1.82) is 0 Å². The summed E-state index contributed by atoms with van der Waals surface area (Å²) in [5, 5.41) is 12.3. The van der Waals surface area contributed by atoms with Crippen molar-refractivity contribution in [3.63, 3.8) is 0 Å². The van der Waals surface area contributed by atoms with Crippen LogP contribution in [0.15, 0.2) is 18.2 Å². The maximum atomic E-state index is 12.3. The summed E-state index contributed by atoms with van der Waals surface area (Å²) in [6, 6.07) is 5.32. The minimum atomic E-state index is -0.254.